The Labute approximate surface area is 767 Å². The molecule has 3 spiro atoms. The van der Waals surface area contributed by atoms with Crippen molar-refractivity contribution < 1.29 is 27.4 Å². The van der Waals surface area contributed by atoms with Gasteiger partial charge in [-0.15, -0.1) is 4.58 Å². The molecule has 2 N–H and O–H groups in total. The molecular formula is C118H69N17+6. The van der Waals surface area contributed by atoms with Gasteiger partial charge in [0.2, 0.25) is 34.2 Å². The van der Waals surface area contributed by atoms with E-state index in [1.807, 2.05) is 0 Å². The van der Waals surface area contributed by atoms with Gasteiger partial charge >= 0.3 is 17.7 Å². The number of aromatic nitrogens is 11. The molecule has 620 valence electrons. The zero-order chi connectivity index (χ0) is 85.5. The molecule has 0 radical (unpaired) electrons. The Kier molecular flexibility index (Phi) is 10.0. The lowest BCUT2D eigenvalue weighted by molar-refractivity contribution is -0.969. The van der Waals surface area contributed by atoms with E-state index >= 15 is 0 Å². The van der Waals surface area contributed by atoms with E-state index < -0.39 is 17.7 Å². The normalized spacial score (nSPS) is 26.0. The van der Waals surface area contributed by atoms with E-state index in [1.165, 1.54) is 240 Å². The van der Waals surface area contributed by atoms with Crippen molar-refractivity contribution in [1.29, 1.82) is 0 Å². The number of rotatable bonds is 6. The summed E-state index contributed by atoms with van der Waals surface area (Å²) in [7, 11) is 0. The van der Waals surface area contributed by atoms with Crippen molar-refractivity contribution in [2.24, 2.45) is 20.9 Å². The van der Waals surface area contributed by atoms with E-state index in [0.29, 0.717) is 0 Å². The van der Waals surface area contributed by atoms with Gasteiger partial charge in [-0.1, -0.05) is 193 Å². The third-order valence-corrected chi connectivity index (χ3v) is 36.3. The SMILES string of the molecule is C1=CC2C3N=C(c4cc(C5=NC6c7ccc8[n+]9c7-c7c(ccc%10[n+]7C97n9c(cc%11cccc-8c%119)C(c8ccccc8)c8cc9cccc-%10c9n87)C6N5)cc(C5=NC6c7ccc8[n+]9c7-c7c(ccc%10[n+]7C97n9c(cc%11cccc-8c%119)C(c8ccccc8)c8cc9cccc-%10c9n87)C6N5)c4)CC3c3ccc4[n+]5c3C2[N+]2=C1c1cccc3cc6n(c13)C25n1c(cc2cccc-4c21)C6c1ccccc1. The first-order valence-electron chi connectivity index (χ1n) is 48.3. The summed E-state index contributed by atoms with van der Waals surface area (Å²) in [4.78, 5) is 18.9. The number of hydrogen-bond acceptors (Lipinski definition) is 5. The Balaban J connectivity index is 0.530. The van der Waals surface area contributed by atoms with Gasteiger partial charge in [0.25, 0.3) is 34.5 Å². The summed E-state index contributed by atoms with van der Waals surface area (Å²) in [6, 6.07) is 122. The highest BCUT2D eigenvalue weighted by Crippen LogP contribution is 2.66. The summed E-state index contributed by atoms with van der Waals surface area (Å²) in [6.45, 7) is 0. The molecule has 0 bridgehead atoms. The van der Waals surface area contributed by atoms with Crippen LogP contribution in [0.25, 0.3) is 144 Å². The molecule has 0 saturated heterocycles. The largest absolute Gasteiger partial charge is 0.553 e. The third-order valence-electron chi connectivity index (χ3n) is 36.3. The molecule has 3 aliphatic carbocycles. The summed E-state index contributed by atoms with van der Waals surface area (Å²) in [6.07, 6.45) is 5.88. The van der Waals surface area contributed by atoms with E-state index in [1.54, 1.807) is 0 Å². The Bertz CT molecular complexity index is 9560. The maximum absolute atomic E-state index is 6.40. The van der Waals surface area contributed by atoms with Gasteiger partial charge in [0.15, 0.2) is 0 Å². The van der Waals surface area contributed by atoms with Crippen LogP contribution in [0.15, 0.2) is 343 Å². The molecule has 10 aromatic carbocycles. The predicted molar refractivity (Wildman–Crippen MR) is 511 cm³/mol. The average Bonchev–Trinajstić information content (AvgIpc) is 1.46. The summed E-state index contributed by atoms with van der Waals surface area (Å²) < 4.78 is 33.5. The molecule has 0 saturated carbocycles. The molecule has 14 atom stereocenters. The Hall–Kier alpha value is -16.8. The molecule has 40 rings (SSSR count). The van der Waals surface area contributed by atoms with E-state index in [2.05, 4.69) is 393 Å². The topological polar surface area (TPSA) is 113 Å². The fourth-order valence-corrected chi connectivity index (χ4v) is 32.1. The molecule has 16 aliphatic heterocycles. The molecular weight excluding hydrogens is 1660 g/mol. The van der Waals surface area contributed by atoms with Crippen molar-refractivity contribution in [3.63, 3.8) is 0 Å². The molecule has 0 fully saturated rings. The second-order valence-electron chi connectivity index (χ2n) is 41.4. The van der Waals surface area contributed by atoms with E-state index in [9.17, 15) is 0 Å². The highest BCUT2D eigenvalue weighted by molar-refractivity contribution is 6.16. The minimum absolute atomic E-state index is 0.00365. The Morgan fingerprint density at radius 1 is 0.304 bits per heavy atom. The molecule has 14 unspecified atom stereocenters. The molecule has 21 aromatic rings. The van der Waals surface area contributed by atoms with Crippen molar-refractivity contribution in [2.45, 2.75) is 84.1 Å². The first-order valence-corrected chi connectivity index (χ1v) is 48.3. The maximum Gasteiger partial charge on any atom is 0.553 e. The first kappa shape index (κ1) is 65.7. The summed E-state index contributed by atoms with van der Waals surface area (Å²) in [5.41, 5.74) is 51.4. The molecule has 11 aromatic heterocycles. The van der Waals surface area contributed by atoms with Gasteiger partial charge in [0.05, 0.1) is 131 Å². The predicted octanol–water partition coefficient (Wildman–Crippen LogP) is 18.0. The van der Waals surface area contributed by atoms with Gasteiger partial charge in [-0.25, -0.2) is 27.4 Å². The summed E-state index contributed by atoms with van der Waals surface area (Å²) in [5, 5.41) is 16.4. The number of pyridine rings is 5. The van der Waals surface area contributed by atoms with Gasteiger partial charge in [-0.2, -0.15) is 0 Å². The van der Waals surface area contributed by atoms with Crippen molar-refractivity contribution in [3.8, 4) is 79.1 Å². The molecule has 0 amide bonds. The van der Waals surface area contributed by atoms with Crippen molar-refractivity contribution in [2.75, 3.05) is 0 Å². The zero-order valence-corrected chi connectivity index (χ0v) is 71.9. The lowest BCUT2D eigenvalue weighted by atomic mass is 9.71. The Morgan fingerprint density at radius 3 is 1.04 bits per heavy atom. The molecule has 135 heavy (non-hydrogen) atoms. The van der Waals surface area contributed by atoms with Crippen molar-refractivity contribution in [1.82, 2.24) is 38.0 Å². The number of hydrogen-bond donors (Lipinski definition) is 2. The van der Waals surface area contributed by atoms with Gasteiger partial charge in [-0.3, -0.25) is 15.0 Å². The van der Waals surface area contributed by atoms with Gasteiger partial charge in [-0.05, 0) is 150 Å². The number of para-hydroxylation sites is 6. The molecule has 27 heterocycles. The number of nitrogens with one attached hydrogen (secondary N) is 2. The monoisotopic (exact) mass is 1720 g/mol. The van der Waals surface area contributed by atoms with Gasteiger partial charge in [0, 0.05) is 131 Å². The van der Waals surface area contributed by atoms with Crippen molar-refractivity contribution >= 4 is 88.5 Å². The van der Waals surface area contributed by atoms with Crippen LogP contribution in [-0.2, 0) is 17.7 Å². The number of nitrogens with zero attached hydrogens (tertiary/aromatic N) is 15. The number of benzene rings is 10. The third kappa shape index (κ3) is 6.40. The quantitative estimate of drug-likeness (QED) is 0.162. The summed E-state index contributed by atoms with van der Waals surface area (Å²) >= 11 is 0. The fraction of sp³-hybridized carbons (Fsp3) is 0.127. The van der Waals surface area contributed by atoms with Gasteiger partial charge in [0.1, 0.15) is 23.8 Å². The van der Waals surface area contributed by atoms with Crippen LogP contribution in [0.5, 0.6) is 0 Å². The van der Waals surface area contributed by atoms with Crippen LogP contribution in [0, 0.1) is 5.92 Å². The van der Waals surface area contributed by atoms with Crippen LogP contribution >= 0.6 is 0 Å². The fourth-order valence-electron chi connectivity index (χ4n) is 32.1. The number of allylic oxidation sites excluding steroid dienone is 1. The molecule has 19 aliphatic rings. The van der Waals surface area contributed by atoms with Crippen LogP contribution in [0.1, 0.15) is 167 Å². The van der Waals surface area contributed by atoms with E-state index in [4.69, 9.17) is 15.0 Å². The second-order valence-corrected chi connectivity index (χ2v) is 41.4. The van der Waals surface area contributed by atoms with Crippen LogP contribution < -0.4 is 33.5 Å². The highest BCUT2D eigenvalue weighted by Gasteiger charge is 2.82. The summed E-state index contributed by atoms with van der Waals surface area (Å²) in [5.74, 6) is -0.657. The minimum Gasteiger partial charge on any atom is -0.360 e. The molecule has 17 nitrogen and oxygen atoms in total. The number of fused-ring (bicyclic) bond motifs is 15. The van der Waals surface area contributed by atoms with Crippen LogP contribution in [0.3, 0.4) is 0 Å². The van der Waals surface area contributed by atoms with E-state index in [0.717, 1.165) is 40.5 Å². The van der Waals surface area contributed by atoms with Crippen LogP contribution in [0.2, 0.25) is 0 Å². The molecule has 17 heteroatoms. The lowest BCUT2D eigenvalue weighted by Gasteiger charge is -2.40. The lowest BCUT2D eigenvalue weighted by Crippen LogP contribution is -2.81. The van der Waals surface area contributed by atoms with Crippen LogP contribution in [-0.4, -0.2) is 61.1 Å². The maximum atomic E-state index is 6.40. The number of aliphatic imine (C=N–C) groups is 3. The van der Waals surface area contributed by atoms with Gasteiger partial charge < -0.3 is 10.6 Å². The Morgan fingerprint density at radius 2 is 0.644 bits per heavy atom. The first-order chi connectivity index (χ1) is 67.0. The highest BCUT2D eigenvalue weighted by atomic mass is 15.7. The zero-order valence-electron chi connectivity index (χ0n) is 71.9. The smallest absolute Gasteiger partial charge is 0.360 e. The minimum atomic E-state index is -0.853. The standard InChI is InChI=1S/C118H69N17/c1-4-16-56(17-5-1)94-88-49-59-22-10-28-69-82-40-34-68-80-55-81(119-97(80)75-35-41-83-70-29-11-23-60-50-89(94)131(103(60)70)116(130(88)102(59)69)124(82)108(68)109(75)125(83)116)65-46-66(114-120-98-76-36-42-84-71-30-12-24-61-51-90-95(57-18-6-2-7-19-57)91-52-62-25-13-31-72-85-43-37-77(99(98)121-114)111-110(76)126(84)117(127(85)111,132(90)104(61)71)133(91)105(62)72)48-67(47-65)115-122-100-78-38-44-86-73-32-14-26-63-53-92-96(58-20-8-3-9-21-58)93-54-64-27-15-33-74-87-45-39-79(101(100)123-115)113-112(78)128(86)118(129(87)113,134(92)106(63)73)135(93)107(64)74/h1-54,75,80,94-101,109H,55H2,(H,120,121)(H,122,123)/q+6. The second kappa shape index (κ2) is 20.6. The van der Waals surface area contributed by atoms with E-state index in [-0.39, 0.29) is 65.8 Å². The van der Waals surface area contributed by atoms with Crippen molar-refractivity contribution in [3.05, 3.63) is 434 Å². The average molecular weight is 1720 g/mol. The van der Waals surface area contributed by atoms with Crippen LogP contribution in [0.4, 0.5) is 0 Å². The number of amidine groups is 2.